The highest BCUT2D eigenvalue weighted by Crippen LogP contribution is 2.24. The molecule has 1 aromatic carbocycles. The molecular formula is C22H22N4O6. The zero-order valence-corrected chi connectivity index (χ0v) is 18.0. The van der Waals surface area contributed by atoms with Crippen molar-refractivity contribution in [2.75, 3.05) is 6.61 Å². The second-order valence-corrected chi connectivity index (χ2v) is 7.12. The number of rotatable bonds is 5. The first-order valence-corrected chi connectivity index (χ1v) is 9.89. The Balaban J connectivity index is 1.71. The number of pyridine rings is 1. The number of hydrazine groups is 1. The molecule has 1 aromatic heterocycles. The van der Waals surface area contributed by atoms with E-state index in [9.17, 15) is 24.0 Å². The third kappa shape index (κ3) is 4.07. The van der Waals surface area contributed by atoms with Gasteiger partial charge in [0.1, 0.15) is 6.04 Å². The first-order valence-electron chi connectivity index (χ1n) is 9.89. The van der Waals surface area contributed by atoms with Crippen LogP contribution < -0.4 is 10.9 Å². The van der Waals surface area contributed by atoms with Gasteiger partial charge in [-0.2, -0.15) is 0 Å². The molecule has 0 spiro atoms. The SMILES string of the molecule is CCOC(=O)c1cc(C(=O)NNC(=O)[C@@H](C)N2C(=O)c3ccccc3C2=O)c(C)nc1C. The summed E-state index contributed by atoms with van der Waals surface area (Å²) in [5, 5.41) is 0. The van der Waals surface area contributed by atoms with Crippen LogP contribution in [0.1, 0.15) is 66.7 Å². The van der Waals surface area contributed by atoms with Crippen LogP contribution in [0.25, 0.3) is 0 Å². The number of amides is 4. The quantitative estimate of drug-likeness (QED) is 0.408. The van der Waals surface area contributed by atoms with Gasteiger partial charge in [-0.05, 0) is 45.9 Å². The number of imide groups is 1. The molecule has 1 aliphatic rings. The van der Waals surface area contributed by atoms with Gasteiger partial charge in [0.05, 0.1) is 40.2 Å². The summed E-state index contributed by atoms with van der Waals surface area (Å²) in [5.74, 6) is -3.27. The van der Waals surface area contributed by atoms with Gasteiger partial charge in [0.2, 0.25) is 0 Å². The second kappa shape index (κ2) is 8.96. The van der Waals surface area contributed by atoms with Crippen LogP contribution in [0.5, 0.6) is 0 Å². The normalized spacial score (nSPS) is 13.4. The number of nitrogens with one attached hydrogen (secondary N) is 2. The van der Waals surface area contributed by atoms with Crippen LogP contribution in [0, 0.1) is 13.8 Å². The van der Waals surface area contributed by atoms with E-state index in [1.807, 2.05) is 0 Å². The lowest BCUT2D eigenvalue weighted by atomic mass is 10.1. The number of fused-ring (bicyclic) bond motifs is 1. The molecule has 0 saturated heterocycles. The fourth-order valence-electron chi connectivity index (χ4n) is 3.34. The summed E-state index contributed by atoms with van der Waals surface area (Å²) in [6.07, 6.45) is 0. The van der Waals surface area contributed by atoms with Crippen LogP contribution >= 0.6 is 0 Å². The van der Waals surface area contributed by atoms with Gasteiger partial charge in [0, 0.05) is 0 Å². The smallest absolute Gasteiger partial charge is 0.339 e. The van der Waals surface area contributed by atoms with Gasteiger partial charge in [-0.25, -0.2) is 4.79 Å². The van der Waals surface area contributed by atoms with Gasteiger partial charge in [0.15, 0.2) is 0 Å². The lowest BCUT2D eigenvalue weighted by Crippen LogP contribution is -2.52. The number of ether oxygens (including phenoxy) is 1. The molecular weight excluding hydrogens is 416 g/mol. The highest BCUT2D eigenvalue weighted by Gasteiger charge is 2.40. The van der Waals surface area contributed by atoms with Gasteiger partial charge >= 0.3 is 5.97 Å². The molecule has 4 amide bonds. The predicted molar refractivity (Wildman–Crippen MR) is 112 cm³/mol. The lowest BCUT2D eigenvalue weighted by Gasteiger charge is -2.22. The number of hydrogen-bond acceptors (Lipinski definition) is 7. The maximum absolute atomic E-state index is 12.6. The van der Waals surface area contributed by atoms with E-state index in [-0.39, 0.29) is 28.9 Å². The standard InChI is InChI=1S/C22H22N4O6/c1-5-32-22(31)17-10-16(11(2)23-12(17)3)19(28)25-24-18(27)13(4)26-20(29)14-8-6-7-9-15(14)21(26)30/h6-10,13H,5H2,1-4H3,(H,24,27)(H,25,28)/t13-/m1/s1. The zero-order chi connectivity index (χ0) is 23.6. The van der Waals surface area contributed by atoms with Crippen molar-refractivity contribution in [2.45, 2.75) is 33.7 Å². The van der Waals surface area contributed by atoms with Crippen LogP contribution in [-0.2, 0) is 9.53 Å². The van der Waals surface area contributed by atoms with Crippen LogP contribution in [0.15, 0.2) is 30.3 Å². The third-order valence-corrected chi connectivity index (χ3v) is 5.04. The van der Waals surface area contributed by atoms with E-state index in [0.717, 1.165) is 4.90 Å². The van der Waals surface area contributed by atoms with Crippen LogP contribution in [-0.4, -0.2) is 52.1 Å². The molecule has 10 heteroatoms. The van der Waals surface area contributed by atoms with E-state index in [0.29, 0.717) is 11.4 Å². The molecule has 2 aromatic rings. The monoisotopic (exact) mass is 438 g/mol. The Bertz CT molecular complexity index is 1110. The average Bonchev–Trinajstić information content (AvgIpc) is 3.01. The van der Waals surface area contributed by atoms with E-state index in [1.165, 1.54) is 25.1 Å². The molecule has 2 N–H and O–H groups in total. The molecule has 32 heavy (non-hydrogen) atoms. The Hall–Kier alpha value is -4.08. The van der Waals surface area contributed by atoms with E-state index in [1.54, 1.807) is 32.9 Å². The Kier molecular flexibility index (Phi) is 6.33. The molecule has 1 atom stereocenters. The van der Waals surface area contributed by atoms with Gasteiger partial charge in [0.25, 0.3) is 23.6 Å². The fourth-order valence-corrected chi connectivity index (χ4v) is 3.34. The van der Waals surface area contributed by atoms with E-state index in [2.05, 4.69) is 15.8 Å². The molecule has 0 saturated carbocycles. The summed E-state index contributed by atoms with van der Waals surface area (Å²) in [6, 6.07) is 6.44. The first kappa shape index (κ1) is 22.6. The topological polar surface area (TPSA) is 135 Å². The fraction of sp³-hybridized carbons (Fsp3) is 0.273. The van der Waals surface area contributed by atoms with E-state index in [4.69, 9.17) is 4.74 Å². The number of esters is 1. The van der Waals surface area contributed by atoms with Crippen molar-refractivity contribution in [1.29, 1.82) is 0 Å². The molecule has 0 fully saturated rings. The van der Waals surface area contributed by atoms with Crippen molar-refractivity contribution in [2.24, 2.45) is 0 Å². The number of benzene rings is 1. The minimum Gasteiger partial charge on any atom is -0.462 e. The van der Waals surface area contributed by atoms with Crippen molar-refractivity contribution < 1.29 is 28.7 Å². The zero-order valence-electron chi connectivity index (χ0n) is 18.0. The van der Waals surface area contributed by atoms with Crippen LogP contribution in [0.4, 0.5) is 0 Å². The maximum atomic E-state index is 12.6. The van der Waals surface area contributed by atoms with Gasteiger partial charge < -0.3 is 4.74 Å². The van der Waals surface area contributed by atoms with Crippen molar-refractivity contribution in [3.8, 4) is 0 Å². The highest BCUT2D eigenvalue weighted by atomic mass is 16.5. The van der Waals surface area contributed by atoms with Crippen LogP contribution in [0.2, 0.25) is 0 Å². The number of aromatic nitrogens is 1. The molecule has 3 rings (SSSR count). The summed E-state index contributed by atoms with van der Waals surface area (Å²) in [5.41, 5.74) is 5.82. The molecule has 2 heterocycles. The van der Waals surface area contributed by atoms with Crippen molar-refractivity contribution >= 4 is 29.6 Å². The maximum Gasteiger partial charge on any atom is 0.339 e. The van der Waals surface area contributed by atoms with Crippen molar-refractivity contribution in [1.82, 2.24) is 20.7 Å². The van der Waals surface area contributed by atoms with E-state index < -0.39 is 35.6 Å². The predicted octanol–water partition coefficient (Wildman–Crippen LogP) is 1.32. The average molecular weight is 438 g/mol. The largest absolute Gasteiger partial charge is 0.462 e. The summed E-state index contributed by atoms with van der Waals surface area (Å²) in [4.78, 5) is 67.3. The number of aryl methyl sites for hydroxylation is 2. The number of hydrogen-bond donors (Lipinski definition) is 2. The molecule has 0 unspecified atom stereocenters. The Labute approximate surface area is 183 Å². The Morgan fingerprint density at radius 1 is 1.00 bits per heavy atom. The number of carbonyl (C=O) groups excluding carboxylic acids is 5. The number of carbonyl (C=O) groups is 5. The molecule has 10 nitrogen and oxygen atoms in total. The van der Waals surface area contributed by atoms with E-state index >= 15 is 0 Å². The number of nitrogens with zero attached hydrogens (tertiary/aromatic N) is 2. The second-order valence-electron chi connectivity index (χ2n) is 7.12. The van der Waals surface area contributed by atoms with Gasteiger partial charge in [-0.15, -0.1) is 0 Å². The summed E-state index contributed by atoms with van der Waals surface area (Å²) in [7, 11) is 0. The molecule has 0 aliphatic carbocycles. The van der Waals surface area contributed by atoms with Gasteiger partial charge in [-0.1, -0.05) is 12.1 Å². The third-order valence-electron chi connectivity index (χ3n) is 5.04. The molecule has 0 radical (unpaired) electrons. The van der Waals surface area contributed by atoms with Crippen molar-refractivity contribution in [3.05, 3.63) is 64.0 Å². The molecule has 166 valence electrons. The highest BCUT2D eigenvalue weighted by molar-refractivity contribution is 6.22. The first-order chi connectivity index (χ1) is 15.2. The van der Waals surface area contributed by atoms with Gasteiger partial charge in [-0.3, -0.25) is 39.9 Å². The minimum atomic E-state index is -1.17. The van der Waals surface area contributed by atoms with Crippen molar-refractivity contribution in [3.63, 3.8) is 0 Å². The van der Waals surface area contributed by atoms with Crippen LogP contribution in [0.3, 0.4) is 0 Å². The Morgan fingerprint density at radius 2 is 1.56 bits per heavy atom. The lowest BCUT2D eigenvalue weighted by molar-refractivity contribution is -0.125. The minimum absolute atomic E-state index is 0.0623. The molecule has 1 aliphatic heterocycles. The molecule has 0 bridgehead atoms. The summed E-state index contributed by atoms with van der Waals surface area (Å²) >= 11 is 0. The Morgan fingerprint density at radius 3 is 2.12 bits per heavy atom. The summed E-state index contributed by atoms with van der Waals surface area (Å²) < 4.78 is 4.97. The summed E-state index contributed by atoms with van der Waals surface area (Å²) in [6.45, 7) is 6.40.